The Morgan fingerprint density at radius 1 is 1.30 bits per heavy atom. The van der Waals surface area contributed by atoms with E-state index < -0.39 is 0 Å². The molecular weight excluding hydrogens is 314 g/mol. The Morgan fingerprint density at radius 3 is 2.75 bits per heavy atom. The summed E-state index contributed by atoms with van der Waals surface area (Å²) in [6.07, 6.45) is 9.32. The molecule has 1 aromatic rings. The Morgan fingerprint density at radius 2 is 2.05 bits per heavy atom. The number of hydrogen-bond donors (Lipinski definition) is 1. The van der Waals surface area contributed by atoms with E-state index in [4.69, 9.17) is 0 Å². The van der Waals surface area contributed by atoms with Crippen LogP contribution in [0.1, 0.15) is 57.4 Å². The third kappa shape index (κ3) is 4.62. The maximum Gasteiger partial charge on any atom is 0.224 e. The van der Waals surface area contributed by atoms with E-state index in [1.165, 1.54) is 37.7 Å². The van der Waals surface area contributed by atoms with E-state index >= 15 is 0 Å². The Labute approximate surface area is 130 Å². The number of aryl methyl sites for hydroxylation is 1. The largest absolute Gasteiger partial charge is 0.326 e. The molecule has 0 heterocycles. The second-order valence-electron chi connectivity index (χ2n) is 5.75. The Kier molecular flexibility index (Phi) is 6.08. The number of halogens is 1. The van der Waals surface area contributed by atoms with Crippen molar-refractivity contribution in [2.45, 2.75) is 58.3 Å². The average Bonchev–Trinajstić information content (AvgIpc) is 2.48. The van der Waals surface area contributed by atoms with Gasteiger partial charge in [0.25, 0.3) is 0 Å². The van der Waals surface area contributed by atoms with Crippen molar-refractivity contribution in [2.75, 3.05) is 5.32 Å². The van der Waals surface area contributed by atoms with E-state index in [9.17, 15) is 4.79 Å². The molecule has 0 radical (unpaired) electrons. The fourth-order valence-corrected chi connectivity index (χ4v) is 3.41. The van der Waals surface area contributed by atoms with Crippen LogP contribution in [0.25, 0.3) is 0 Å². The number of benzene rings is 1. The van der Waals surface area contributed by atoms with Gasteiger partial charge >= 0.3 is 0 Å². The number of carbonyl (C=O) groups excluding carboxylic acids is 1. The van der Waals surface area contributed by atoms with Crippen LogP contribution in [-0.4, -0.2) is 5.91 Å². The Hall–Kier alpha value is -0.830. The standard InChI is InChI=1S/C17H24BrNO/c1-2-14-12-15(18)9-10-16(14)19-17(20)11-8-13-6-4-3-5-7-13/h9-10,12-13H,2-8,11H2,1H3,(H,19,20). The molecule has 0 bridgehead atoms. The summed E-state index contributed by atoms with van der Waals surface area (Å²) < 4.78 is 1.06. The first-order valence-electron chi connectivity index (χ1n) is 7.77. The summed E-state index contributed by atoms with van der Waals surface area (Å²) in [6, 6.07) is 6.05. The van der Waals surface area contributed by atoms with Crippen molar-refractivity contribution in [2.24, 2.45) is 5.92 Å². The molecule has 20 heavy (non-hydrogen) atoms. The molecule has 0 spiro atoms. The number of amides is 1. The zero-order chi connectivity index (χ0) is 14.4. The summed E-state index contributed by atoms with van der Waals surface area (Å²) in [7, 11) is 0. The van der Waals surface area contributed by atoms with Crippen LogP contribution < -0.4 is 5.32 Å². The summed E-state index contributed by atoms with van der Waals surface area (Å²) in [5, 5.41) is 3.07. The lowest BCUT2D eigenvalue weighted by molar-refractivity contribution is -0.116. The van der Waals surface area contributed by atoms with Crippen molar-refractivity contribution in [1.82, 2.24) is 0 Å². The zero-order valence-corrected chi connectivity index (χ0v) is 13.8. The number of anilines is 1. The molecule has 0 aromatic heterocycles. The van der Waals surface area contributed by atoms with Gasteiger partial charge in [-0.3, -0.25) is 4.79 Å². The second-order valence-corrected chi connectivity index (χ2v) is 6.66. The molecule has 1 aromatic carbocycles. The van der Waals surface area contributed by atoms with Crippen molar-refractivity contribution in [3.8, 4) is 0 Å². The minimum Gasteiger partial charge on any atom is -0.326 e. The van der Waals surface area contributed by atoms with E-state index in [2.05, 4.69) is 34.2 Å². The quantitative estimate of drug-likeness (QED) is 0.774. The first kappa shape index (κ1) is 15.6. The van der Waals surface area contributed by atoms with Gasteiger partial charge in [0.1, 0.15) is 0 Å². The molecule has 1 amide bonds. The molecule has 0 unspecified atom stereocenters. The number of carbonyl (C=O) groups is 1. The highest BCUT2D eigenvalue weighted by Crippen LogP contribution is 2.27. The third-order valence-corrected chi connectivity index (χ3v) is 4.72. The van der Waals surface area contributed by atoms with Crippen molar-refractivity contribution in [3.05, 3.63) is 28.2 Å². The van der Waals surface area contributed by atoms with Crippen LogP contribution in [0.4, 0.5) is 5.69 Å². The lowest BCUT2D eigenvalue weighted by atomic mass is 9.86. The molecular formula is C17H24BrNO. The highest BCUT2D eigenvalue weighted by atomic mass is 79.9. The van der Waals surface area contributed by atoms with E-state index in [1.54, 1.807) is 0 Å². The summed E-state index contributed by atoms with van der Waals surface area (Å²) >= 11 is 3.47. The zero-order valence-electron chi connectivity index (χ0n) is 12.3. The average molecular weight is 338 g/mol. The van der Waals surface area contributed by atoms with E-state index in [0.29, 0.717) is 6.42 Å². The number of hydrogen-bond acceptors (Lipinski definition) is 1. The molecule has 2 rings (SSSR count). The Bertz CT molecular complexity index is 452. The highest BCUT2D eigenvalue weighted by Gasteiger charge is 2.15. The molecule has 0 saturated heterocycles. The van der Waals surface area contributed by atoms with Crippen LogP contribution in [0.3, 0.4) is 0 Å². The summed E-state index contributed by atoms with van der Waals surface area (Å²) in [5.74, 6) is 0.928. The SMILES string of the molecule is CCc1cc(Br)ccc1NC(=O)CCC1CCCCC1. The number of nitrogens with one attached hydrogen (secondary N) is 1. The van der Waals surface area contributed by atoms with Crippen molar-refractivity contribution in [3.63, 3.8) is 0 Å². The summed E-state index contributed by atoms with van der Waals surface area (Å²) in [4.78, 5) is 12.1. The van der Waals surface area contributed by atoms with Gasteiger partial charge in [0.15, 0.2) is 0 Å². The van der Waals surface area contributed by atoms with Gasteiger partial charge < -0.3 is 5.32 Å². The topological polar surface area (TPSA) is 29.1 Å². The molecule has 0 aliphatic heterocycles. The summed E-state index contributed by atoms with van der Waals surface area (Å²) in [5.41, 5.74) is 2.15. The molecule has 1 fully saturated rings. The fourth-order valence-electron chi connectivity index (χ4n) is 3.00. The van der Waals surface area contributed by atoms with Crippen molar-refractivity contribution >= 4 is 27.5 Å². The normalized spacial score (nSPS) is 16.1. The van der Waals surface area contributed by atoms with Gasteiger partial charge in [0.2, 0.25) is 5.91 Å². The second kappa shape index (κ2) is 7.82. The maximum atomic E-state index is 12.1. The van der Waals surface area contributed by atoms with Crippen LogP contribution in [0.5, 0.6) is 0 Å². The molecule has 2 nitrogen and oxygen atoms in total. The first-order chi connectivity index (χ1) is 9.69. The minimum absolute atomic E-state index is 0.160. The molecule has 0 atom stereocenters. The lowest BCUT2D eigenvalue weighted by Gasteiger charge is -2.21. The third-order valence-electron chi connectivity index (χ3n) is 4.23. The Balaban J connectivity index is 1.84. The molecule has 110 valence electrons. The molecule has 3 heteroatoms. The van der Waals surface area contributed by atoms with Gasteiger partial charge in [-0.1, -0.05) is 55.0 Å². The smallest absolute Gasteiger partial charge is 0.224 e. The molecule has 1 aliphatic carbocycles. The van der Waals surface area contributed by atoms with Gasteiger partial charge in [-0.05, 0) is 42.5 Å². The minimum atomic E-state index is 0.160. The van der Waals surface area contributed by atoms with E-state index in [-0.39, 0.29) is 5.91 Å². The number of rotatable bonds is 5. The predicted octanol–water partition coefficient (Wildman–Crippen LogP) is 5.31. The van der Waals surface area contributed by atoms with Crippen LogP contribution >= 0.6 is 15.9 Å². The van der Waals surface area contributed by atoms with Crippen LogP contribution in [-0.2, 0) is 11.2 Å². The first-order valence-corrected chi connectivity index (χ1v) is 8.56. The van der Waals surface area contributed by atoms with E-state index in [1.807, 2.05) is 12.1 Å². The van der Waals surface area contributed by atoms with Gasteiger partial charge in [-0.2, -0.15) is 0 Å². The van der Waals surface area contributed by atoms with Gasteiger partial charge in [-0.15, -0.1) is 0 Å². The van der Waals surface area contributed by atoms with Crippen LogP contribution in [0, 0.1) is 5.92 Å². The maximum absolute atomic E-state index is 12.1. The van der Waals surface area contributed by atoms with E-state index in [0.717, 1.165) is 28.9 Å². The van der Waals surface area contributed by atoms with Gasteiger partial charge in [0, 0.05) is 16.6 Å². The van der Waals surface area contributed by atoms with Crippen LogP contribution in [0.15, 0.2) is 22.7 Å². The van der Waals surface area contributed by atoms with Crippen molar-refractivity contribution < 1.29 is 4.79 Å². The van der Waals surface area contributed by atoms with Crippen molar-refractivity contribution in [1.29, 1.82) is 0 Å². The molecule has 1 N–H and O–H groups in total. The molecule has 1 saturated carbocycles. The predicted molar refractivity (Wildman–Crippen MR) is 88.0 cm³/mol. The molecule has 1 aliphatic rings. The lowest BCUT2D eigenvalue weighted by Crippen LogP contribution is -2.15. The monoisotopic (exact) mass is 337 g/mol. The highest BCUT2D eigenvalue weighted by molar-refractivity contribution is 9.10. The van der Waals surface area contributed by atoms with Gasteiger partial charge in [0.05, 0.1) is 0 Å². The fraction of sp³-hybridized carbons (Fsp3) is 0.588. The van der Waals surface area contributed by atoms with Gasteiger partial charge in [-0.25, -0.2) is 0 Å². The summed E-state index contributed by atoms with van der Waals surface area (Å²) in [6.45, 7) is 2.11. The van der Waals surface area contributed by atoms with Crippen LogP contribution in [0.2, 0.25) is 0 Å².